The van der Waals surface area contributed by atoms with E-state index in [1.807, 2.05) is 12.1 Å². The monoisotopic (exact) mass is 1100 g/mol. The number of carbonyl (C=O) groups excluding carboxylic acids is 2. The highest BCUT2D eigenvalue weighted by Gasteiger charge is 2.35. The predicted octanol–water partition coefficient (Wildman–Crippen LogP) is 21.9. The minimum atomic E-state index is -0.477. The van der Waals surface area contributed by atoms with Crippen LogP contribution in [0.4, 0.5) is 0 Å². The van der Waals surface area contributed by atoms with Gasteiger partial charge in [-0.1, -0.05) is 196 Å². The second-order valence-electron chi connectivity index (χ2n) is 23.7. The van der Waals surface area contributed by atoms with Gasteiger partial charge in [0, 0.05) is 24.0 Å². The van der Waals surface area contributed by atoms with Gasteiger partial charge in [0.2, 0.25) is 5.24 Å². The van der Waals surface area contributed by atoms with E-state index in [4.69, 9.17) is 32.7 Å². The average molecular weight is 1100 g/mol. The Morgan fingerprint density at radius 2 is 0.775 bits per heavy atom. The standard InChI is InChI=1S/C74H74Cl2O4/c1-3-5-7-9-11-13-15-17-19-25-39-79-47-33-37-55-59(43-47)65-51-29-23-21-27-49(51)63-57-41-45(73(75)77)31-35-53(57)61-54-36-32-46(74(76)78)42-58(54)64-50-28-22-24-30-52(50)66-60-44-48(80-40-26-20-18-16-14-12-10-8-6-4-2)34-38-56(60)62(55)68-71(65)69(63)67(61)70(64)72(66)68/h21-24,27-35,37,41,43H,3-20,25-26,36,38-40,42,44H2,1-2H3. The van der Waals surface area contributed by atoms with E-state index >= 15 is 0 Å². The second kappa shape index (κ2) is 23.0. The Morgan fingerprint density at radius 1 is 0.375 bits per heavy atom. The van der Waals surface area contributed by atoms with Gasteiger partial charge in [0.25, 0.3) is 5.24 Å². The van der Waals surface area contributed by atoms with Crippen molar-refractivity contribution in [2.24, 2.45) is 0 Å². The van der Waals surface area contributed by atoms with Crippen LogP contribution in [0.5, 0.6) is 5.75 Å². The van der Waals surface area contributed by atoms with E-state index < -0.39 is 10.5 Å². The maximum atomic E-state index is 13.3. The molecular formula is C74H74Cl2O4. The molecule has 0 saturated carbocycles. The molecule has 0 atom stereocenters. The number of benzene rings is 11. The van der Waals surface area contributed by atoms with Crippen molar-refractivity contribution in [1.29, 1.82) is 0 Å². The fourth-order valence-corrected chi connectivity index (χ4v) is 15.3. The number of halogens is 2. The summed E-state index contributed by atoms with van der Waals surface area (Å²) in [6, 6.07) is 31.0. The number of rotatable bonds is 26. The lowest BCUT2D eigenvalue weighted by atomic mass is 9.71. The van der Waals surface area contributed by atoms with Gasteiger partial charge in [-0.15, -0.1) is 0 Å². The van der Waals surface area contributed by atoms with Gasteiger partial charge >= 0.3 is 0 Å². The molecule has 0 fully saturated rings. The zero-order chi connectivity index (χ0) is 54.4. The second-order valence-corrected chi connectivity index (χ2v) is 24.4. The molecule has 2 aliphatic rings. The Balaban J connectivity index is 1.04. The number of allylic oxidation sites excluding steroid dienone is 4. The van der Waals surface area contributed by atoms with Crippen LogP contribution in [-0.4, -0.2) is 23.7 Å². The van der Waals surface area contributed by atoms with E-state index in [0.717, 1.165) is 64.5 Å². The number of fused-ring (bicyclic) bond motifs is 18. The zero-order valence-corrected chi connectivity index (χ0v) is 48.5. The molecule has 0 N–H and O–H groups in total. The summed E-state index contributed by atoms with van der Waals surface area (Å²) in [6.45, 7) is 5.99. The molecular weight excluding hydrogens is 1020 g/mol. The Kier molecular flexibility index (Phi) is 15.3. The van der Waals surface area contributed by atoms with Crippen LogP contribution in [0.1, 0.15) is 175 Å². The number of unbranched alkanes of at least 4 members (excludes halogenated alkanes) is 18. The molecule has 0 unspecified atom stereocenters. The summed E-state index contributed by atoms with van der Waals surface area (Å²) >= 11 is 12.9. The molecule has 2 aliphatic carbocycles. The quantitative estimate of drug-likeness (QED) is 0.0235. The van der Waals surface area contributed by atoms with E-state index in [-0.39, 0.29) is 0 Å². The first kappa shape index (κ1) is 53.1. The fraction of sp³-hybridized carbons (Fsp3) is 0.378. The van der Waals surface area contributed by atoms with Crippen LogP contribution in [-0.2, 0) is 35.2 Å². The summed E-state index contributed by atoms with van der Waals surface area (Å²) in [7, 11) is 0. The van der Waals surface area contributed by atoms with Crippen LogP contribution in [0, 0.1) is 0 Å². The van der Waals surface area contributed by atoms with Crippen molar-refractivity contribution in [3.8, 4) is 5.75 Å². The normalized spacial score (nSPS) is 13.9. The smallest absolute Gasteiger partial charge is 0.252 e. The van der Waals surface area contributed by atoms with Gasteiger partial charge in [0.05, 0.1) is 19.0 Å². The molecule has 0 saturated heterocycles. The van der Waals surface area contributed by atoms with Crippen molar-refractivity contribution in [2.45, 2.75) is 168 Å². The lowest BCUT2D eigenvalue weighted by Crippen LogP contribution is -2.12. The highest BCUT2D eigenvalue weighted by Crippen LogP contribution is 2.60. The molecule has 0 bridgehead atoms. The Morgan fingerprint density at radius 3 is 1.27 bits per heavy atom. The summed E-state index contributed by atoms with van der Waals surface area (Å²) in [5.41, 5.74) is 6.19. The summed E-state index contributed by atoms with van der Waals surface area (Å²) in [6.07, 6.45) is 32.6. The molecule has 408 valence electrons. The predicted molar refractivity (Wildman–Crippen MR) is 342 cm³/mol. The first-order valence-corrected chi connectivity index (χ1v) is 31.6. The molecule has 11 aromatic rings. The maximum absolute atomic E-state index is 13.3. The van der Waals surface area contributed by atoms with Crippen molar-refractivity contribution < 1.29 is 19.1 Å². The van der Waals surface area contributed by atoms with E-state index in [1.165, 1.54) is 218 Å². The Hall–Kier alpha value is -6.20. The van der Waals surface area contributed by atoms with Crippen molar-refractivity contribution in [1.82, 2.24) is 0 Å². The Labute approximate surface area is 480 Å². The molecule has 0 spiro atoms. The van der Waals surface area contributed by atoms with E-state index in [1.54, 1.807) is 0 Å². The molecule has 4 nitrogen and oxygen atoms in total. The summed E-state index contributed by atoms with van der Waals surface area (Å²) < 4.78 is 13.7. The molecule has 0 heterocycles. The third-order valence-corrected chi connectivity index (χ3v) is 19.3. The lowest BCUT2D eigenvalue weighted by molar-refractivity contribution is -0.108. The zero-order valence-electron chi connectivity index (χ0n) is 47.0. The highest BCUT2D eigenvalue weighted by atomic mass is 35.5. The maximum Gasteiger partial charge on any atom is 0.252 e. The van der Waals surface area contributed by atoms with Crippen LogP contribution < -0.4 is 4.74 Å². The summed E-state index contributed by atoms with van der Waals surface area (Å²) in [5.74, 6) is 1.97. The van der Waals surface area contributed by atoms with Crippen molar-refractivity contribution in [2.75, 3.05) is 13.2 Å². The van der Waals surface area contributed by atoms with Crippen LogP contribution >= 0.6 is 23.2 Å². The van der Waals surface area contributed by atoms with Crippen molar-refractivity contribution >= 4 is 141 Å². The summed E-state index contributed by atoms with van der Waals surface area (Å²) in [5, 5.41) is 23.3. The molecule has 6 heteroatoms. The average Bonchev–Trinajstić information content (AvgIpc) is 1.07. The molecule has 0 aromatic heterocycles. The first-order valence-electron chi connectivity index (χ1n) is 30.8. The number of ether oxygens (including phenoxy) is 2. The molecule has 0 radical (unpaired) electrons. The van der Waals surface area contributed by atoms with Crippen LogP contribution in [0.25, 0.3) is 108 Å². The topological polar surface area (TPSA) is 52.6 Å². The first-order chi connectivity index (χ1) is 39.4. The minimum absolute atomic E-state index is 0.403. The van der Waals surface area contributed by atoms with Crippen molar-refractivity contribution in [3.05, 3.63) is 136 Å². The van der Waals surface area contributed by atoms with E-state index in [2.05, 4.69) is 98.8 Å². The van der Waals surface area contributed by atoms with E-state index in [9.17, 15) is 9.59 Å². The molecule has 0 amide bonds. The van der Waals surface area contributed by atoms with Crippen LogP contribution in [0.3, 0.4) is 0 Å². The molecule has 11 aromatic carbocycles. The fourth-order valence-electron chi connectivity index (χ4n) is 15.1. The van der Waals surface area contributed by atoms with E-state index in [0.29, 0.717) is 37.0 Å². The molecule has 0 aliphatic heterocycles. The van der Waals surface area contributed by atoms with Crippen molar-refractivity contribution in [3.63, 3.8) is 0 Å². The van der Waals surface area contributed by atoms with Gasteiger partial charge < -0.3 is 9.47 Å². The lowest BCUT2D eigenvalue weighted by Gasteiger charge is -2.32. The van der Waals surface area contributed by atoms with Gasteiger partial charge in [0.1, 0.15) is 5.75 Å². The number of hydrogen-bond acceptors (Lipinski definition) is 4. The number of hydrogen-bond donors (Lipinski definition) is 0. The number of carbonyl (C=O) groups is 2. The largest absolute Gasteiger partial charge is 0.498 e. The Bertz CT molecular complexity index is 4240. The SMILES string of the molecule is CCCCCCCCCCCCOC1=CCc2c(c3c4ccccc4c4c5c(c6c7ccc(C(=O)Cl)cc7c7c8ccccc8c8c9cc(OCCCCCCCCCCCC)ccc9c2c2c3c4c6c7c82)CC=C(C(=O)Cl)C5)C1. The molecule has 80 heavy (non-hydrogen) atoms. The third kappa shape index (κ3) is 9.20. The highest BCUT2D eigenvalue weighted by molar-refractivity contribution is 6.68. The van der Waals surface area contributed by atoms with Gasteiger partial charge in [-0.25, -0.2) is 0 Å². The van der Waals surface area contributed by atoms with Gasteiger partial charge in [0.15, 0.2) is 0 Å². The van der Waals surface area contributed by atoms with Gasteiger partial charge in [-0.2, -0.15) is 0 Å². The van der Waals surface area contributed by atoms with Crippen LogP contribution in [0.2, 0.25) is 0 Å². The molecule has 13 rings (SSSR count). The van der Waals surface area contributed by atoms with Gasteiger partial charge in [-0.3, -0.25) is 9.59 Å². The summed E-state index contributed by atoms with van der Waals surface area (Å²) in [4.78, 5) is 26.6. The third-order valence-electron chi connectivity index (χ3n) is 18.8. The van der Waals surface area contributed by atoms with Gasteiger partial charge in [-0.05, 0) is 209 Å². The van der Waals surface area contributed by atoms with Crippen LogP contribution in [0.15, 0.2) is 108 Å². The minimum Gasteiger partial charge on any atom is -0.498 e.